The second-order valence-electron chi connectivity index (χ2n) is 6.16. The van der Waals surface area contributed by atoms with E-state index in [0.717, 1.165) is 36.5 Å². The summed E-state index contributed by atoms with van der Waals surface area (Å²) in [7, 11) is 0. The number of nitrogens with zero attached hydrogens (tertiary/aromatic N) is 2. The highest BCUT2D eigenvalue weighted by molar-refractivity contribution is 7.09. The molecule has 5 heteroatoms. The van der Waals surface area contributed by atoms with Gasteiger partial charge in [-0.25, -0.2) is 4.98 Å². The Balaban J connectivity index is 1.58. The number of aryl methyl sites for hydroxylation is 2. The molecule has 0 bridgehead atoms. The number of hydrogen-bond acceptors (Lipinski definition) is 3. The predicted molar refractivity (Wildman–Crippen MR) is 88.8 cm³/mol. The first-order chi connectivity index (χ1) is 10.7. The van der Waals surface area contributed by atoms with Crippen LogP contribution in [0.15, 0.2) is 29.9 Å². The number of thiazole rings is 1. The van der Waals surface area contributed by atoms with Crippen LogP contribution in [0.3, 0.4) is 0 Å². The van der Waals surface area contributed by atoms with E-state index in [9.17, 15) is 4.79 Å². The first kappa shape index (κ1) is 15.3. The molecular weight excluding hydrogens is 294 g/mol. The molecule has 0 spiro atoms. The lowest BCUT2D eigenvalue weighted by Gasteiger charge is -2.28. The van der Waals surface area contributed by atoms with Gasteiger partial charge >= 0.3 is 0 Å². The van der Waals surface area contributed by atoms with Crippen LogP contribution in [0.1, 0.15) is 49.2 Å². The summed E-state index contributed by atoms with van der Waals surface area (Å²) in [6, 6.07) is 4.02. The van der Waals surface area contributed by atoms with E-state index < -0.39 is 0 Å². The lowest BCUT2D eigenvalue weighted by Crippen LogP contribution is -2.43. The molecule has 1 aliphatic carbocycles. The molecule has 1 saturated carbocycles. The first-order valence-electron chi connectivity index (χ1n) is 8.02. The fraction of sp³-hybridized carbons (Fsp3) is 0.529. The van der Waals surface area contributed by atoms with Gasteiger partial charge < -0.3 is 9.88 Å². The van der Waals surface area contributed by atoms with Gasteiger partial charge in [-0.05, 0) is 38.3 Å². The summed E-state index contributed by atoms with van der Waals surface area (Å²) in [6.07, 6.45) is 9.89. The number of nitrogens with one attached hydrogen (secondary N) is 1. The second-order valence-corrected chi connectivity index (χ2v) is 7.01. The van der Waals surface area contributed by atoms with Gasteiger partial charge in [0, 0.05) is 36.4 Å². The maximum Gasteiger partial charge on any atom is 0.220 e. The summed E-state index contributed by atoms with van der Waals surface area (Å²) in [5.74, 6) is 0.155. The molecule has 118 valence electrons. The van der Waals surface area contributed by atoms with Crippen LogP contribution in [0.4, 0.5) is 0 Å². The van der Waals surface area contributed by atoms with E-state index in [4.69, 9.17) is 0 Å². The quantitative estimate of drug-likeness (QED) is 0.884. The molecule has 2 aromatic rings. The summed E-state index contributed by atoms with van der Waals surface area (Å²) in [5, 5.41) is 6.46. The van der Waals surface area contributed by atoms with Crippen LogP contribution in [0.2, 0.25) is 0 Å². The van der Waals surface area contributed by atoms with E-state index in [-0.39, 0.29) is 11.4 Å². The molecular formula is C17H23N3OS. The first-order valence-corrected chi connectivity index (χ1v) is 8.90. The fourth-order valence-electron chi connectivity index (χ4n) is 3.22. The van der Waals surface area contributed by atoms with Crippen LogP contribution in [0.5, 0.6) is 0 Å². The van der Waals surface area contributed by atoms with Gasteiger partial charge in [-0.3, -0.25) is 4.79 Å². The monoisotopic (exact) mass is 317 g/mol. The van der Waals surface area contributed by atoms with Crippen molar-refractivity contribution in [2.24, 2.45) is 0 Å². The molecule has 0 unspecified atom stereocenters. The van der Waals surface area contributed by atoms with Crippen LogP contribution < -0.4 is 5.32 Å². The Morgan fingerprint density at radius 3 is 2.73 bits per heavy atom. The molecule has 0 aromatic carbocycles. The second kappa shape index (κ2) is 6.65. The third-order valence-corrected chi connectivity index (χ3v) is 5.51. The summed E-state index contributed by atoms with van der Waals surface area (Å²) >= 11 is 1.68. The molecule has 0 saturated heterocycles. The van der Waals surface area contributed by atoms with Gasteiger partial charge in [-0.15, -0.1) is 11.3 Å². The van der Waals surface area contributed by atoms with E-state index >= 15 is 0 Å². The topological polar surface area (TPSA) is 46.9 Å². The standard InChI is InChI=1S/C17H23N3OS/c1-14-13-22-16(18-14)17(8-2-3-9-17)19-15(21)7-6-12-20-10-4-5-11-20/h4-5,10-11,13H,2-3,6-9,12H2,1H3,(H,19,21). The molecule has 0 aliphatic heterocycles. The van der Waals surface area contributed by atoms with Gasteiger partial charge in [-0.1, -0.05) is 12.8 Å². The van der Waals surface area contributed by atoms with E-state index in [0.29, 0.717) is 6.42 Å². The normalized spacial score (nSPS) is 16.8. The highest BCUT2D eigenvalue weighted by Gasteiger charge is 2.39. The van der Waals surface area contributed by atoms with Crippen molar-refractivity contribution < 1.29 is 4.79 Å². The van der Waals surface area contributed by atoms with Gasteiger partial charge in [0.05, 0.1) is 5.54 Å². The number of hydrogen-bond donors (Lipinski definition) is 1. The average molecular weight is 317 g/mol. The smallest absolute Gasteiger partial charge is 0.220 e. The number of carbonyl (C=O) groups is 1. The van der Waals surface area contributed by atoms with Gasteiger partial charge in [0.2, 0.25) is 5.91 Å². The average Bonchev–Trinajstić information content (AvgIpc) is 3.20. The van der Waals surface area contributed by atoms with Crippen LogP contribution in [-0.4, -0.2) is 15.5 Å². The third kappa shape index (κ3) is 3.40. The Morgan fingerprint density at radius 2 is 2.09 bits per heavy atom. The van der Waals surface area contributed by atoms with Crippen molar-refractivity contribution >= 4 is 17.2 Å². The maximum absolute atomic E-state index is 12.4. The number of aromatic nitrogens is 2. The third-order valence-electron chi connectivity index (χ3n) is 4.35. The molecule has 2 heterocycles. The van der Waals surface area contributed by atoms with Crippen molar-refractivity contribution in [3.63, 3.8) is 0 Å². The zero-order chi connectivity index (χ0) is 15.4. The van der Waals surface area contributed by atoms with Crippen molar-refractivity contribution in [3.8, 4) is 0 Å². The molecule has 0 atom stereocenters. The molecule has 0 radical (unpaired) electrons. The van der Waals surface area contributed by atoms with Crippen LogP contribution in [-0.2, 0) is 16.9 Å². The highest BCUT2D eigenvalue weighted by atomic mass is 32.1. The summed E-state index contributed by atoms with van der Waals surface area (Å²) in [6.45, 7) is 2.91. The summed E-state index contributed by atoms with van der Waals surface area (Å²) < 4.78 is 2.11. The van der Waals surface area contributed by atoms with Crippen molar-refractivity contribution in [2.45, 2.75) is 57.5 Å². The van der Waals surface area contributed by atoms with E-state index in [1.807, 2.05) is 31.5 Å². The highest BCUT2D eigenvalue weighted by Crippen LogP contribution is 2.40. The summed E-state index contributed by atoms with van der Waals surface area (Å²) in [4.78, 5) is 17.0. The zero-order valence-corrected chi connectivity index (χ0v) is 13.9. The fourth-order valence-corrected chi connectivity index (χ4v) is 4.23. The van der Waals surface area contributed by atoms with Crippen molar-refractivity contribution in [2.75, 3.05) is 0 Å². The van der Waals surface area contributed by atoms with Gasteiger partial charge in [0.15, 0.2) is 0 Å². The number of carbonyl (C=O) groups excluding carboxylic acids is 1. The van der Waals surface area contributed by atoms with Crippen LogP contribution in [0.25, 0.3) is 0 Å². The molecule has 1 aliphatic rings. The molecule has 1 N–H and O–H groups in total. The molecule has 1 fully saturated rings. The SMILES string of the molecule is Cc1csc(C2(NC(=O)CCCn3cccc3)CCCC2)n1. The minimum Gasteiger partial charge on any atom is -0.354 e. The molecule has 2 aromatic heterocycles. The van der Waals surface area contributed by atoms with Gasteiger partial charge in [-0.2, -0.15) is 0 Å². The van der Waals surface area contributed by atoms with E-state index in [2.05, 4.69) is 20.2 Å². The Labute approximate surface area is 135 Å². The molecule has 22 heavy (non-hydrogen) atoms. The van der Waals surface area contributed by atoms with E-state index in [1.165, 1.54) is 12.8 Å². The Hall–Kier alpha value is -1.62. The molecule has 3 rings (SSSR count). The van der Waals surface area contributed by atoms with Crippen molar-refractivity contribution in [1.29, 1.82) is 0 Å². The lowest BCUT2D eigenvalue weighted by atomic mass is 9.98. The van der Waals surface area contributed by atoms with Crippen LogP contribution in [0, 0.1) is 6.92 Å². The number of amides is 1. The Kier molecular flexibility index (Phi) is 4.62. The Bertz CT molecular complexity index is 612. The van der Waals surface area contributed by atoms with Gasteiger partial charge in [0.1, 0.15) is 5.01 Å². The minimum absolute atomic E-state index is 0.155. The Morgan fingerprint density at radius 1 is 1.36 bits per heavy atom. The van der Waals surface area contributed by atoms with E-state index in [1.54, 1.807) is 11.3 Å². The summed E-state index contributed by atoms with van der Waals surface area (Å²) in [5.41, 5.74) is 0.844. The predicted octanol–water partition coefficient (Wildman–Crippen LogP) is 3.62. The maximum atomic E-state index is 12.4. The van der Waals surface area contributed by atoms with Crippen molar-refractivity contribution in [1.82, 2.24) is 14.9 Å². The number of rotatable bonds is 6. The van der Waals surface area contributed by atoms with Crippen LogP contribution >= 0.6 is 11.3 Å². The van der Waals surface area contributed by atoms with Crippen molar-refractivity contribution in [3.05, 3.63) is 40.6 Å². The largest absolute Gasteiger partial charge is 0.354 e. The van der Waals surface area contributed by atoms with Gasteiger partial charge in [0.25, 0.3) is 0 Å². The molecule has 4 nitrogen and oxygen atoms in total. The zero-order valence-electron chi connectivity index (χ0n) is 13.0. The lowest BCUT2D eigenvalue weighted by molar-refractivity contribution is -0.123. The molecule has 1 amide bonds. The minimum atomic E-state index is -0.205.